The molecule has 0 bridgehead atoms. The minimum Gasteiger partial charge on any atom is -0.296 e. The summed E-state index contributed by atoms with van der Waals surface area (Å²) in [7, 11) is 0. The van der Waals surface area contributed by atoms with E-state index in [1.807, 2.05) is 0 Å². The molecule has 0 radical (unpaired) electrons. The molecule has 0 saturated heterocycles. The van der Waals surface area contributed by atoms with Crippen LogP contribution in [0.3, 0.4) is 0 Å². The van der Waals surface area contributed by atoms with E-state index in [9.17, 15) is 0 Å². The van der Waals surface area contributed by atoms with E-state index >= 15 is 0 Å². The first-order chi connectivity index (χ1) is 7.94. The Hall–Kier alpha value is -0.470. The first kappa shape index (κ1) is 14.6. The van der Waals surface area contributed by atoms with Gasteiger partial charge in [-0.25, -0.2) is 0 Å². The molecule has 0 aliphatic carbocycles. The van der Waals surface area contributed by atoms with E-state index in [4.69, 9.17) is 0 Å². The van der Waals surface area contributed by atoms with Gasteiger partial charge in [-0.2, -0.15) is 12.6 Å². The van der Waals surface area contributed by atoms with Gasteiger partial charge in [0.1, 0.15) is 0 Å². The third kappa shape index (κ3) is 5.13. The summed E-state index contributed by atoms with van der Waals surface area (Å²) in [5.41, 5.74) is 1.65. The van der Waals surface area contributed by atoms with Crippen LogP contribution in [0.4, 0.5) is 0 Å². The maximum atomic E-state index is 4.44. The monoisotopic (exact) mass is 251 g/mol. The van der Waals surface area contributed by atoms with Crippen molar-refractivity contribution in [2.75, 3.05) is 12.3 Å². The maximum Gasteiger partial charge on any atom is 0.0236 e. The van der Waals surface area contributed by atoms with E-state index in [0.29, 0.717) is 6.04 Å². The van der Waals surface area contributed by atoms with Crippen LogP contribution >= 0.6 is 12.6 Å². The molecule has 0 aliphatic heterocycles. The Morgan fingerprint density at radius 2 is 1.76 bits per heavy atom. The Balaban J connectivity index is 2.68. The summed E-state index contributed by atoms with van der Waals surface area (Å²) in [5, 5.41) is 0. The van der Waals surface area contributed by atoms with Crippen LogP contribution < -0.4 is 0 Å². The summed E-state index contributed by atoms with van der Waals surface area (Å²) in [6, 6.07) is 11.2. The van der Waals surface area contributed by atoms with E-state index in [0.717, 1.165) is 18.8 Å². The maximum absolute atomic E-state index is 4.44. The average Bonchev–Trinajstić information content (AvgIpc) is 2.29. The smallest absolute Gasteiger partial charge is 0.0236 e. The Kier molecular flexibility index (Phi) is 5.54. The predicted octanol–water partition coefficient (Wildman–Crippen LogP) is 3.85. The molecule has 0 aromatic heterocycles. The summed E-state index contributed by atoms with van der Waals surface area (Å²) < 4.78 is 0. The zero-order valence-electron chi connectivity index (χ0n) is 11.5. The summed E-state index contributed by atoms with van der Waals surface area (Å²) in [5.74, 6) is 0.922. The summed E-state index contributed by atoms with van der Waals surface area (Å²) in [6.45, 7) is 11.2. The number of nitrogens with zero attached hydrogens (tertiary/aromatic N) is 1. The number of hydrogen-bond acceptors (Lipinski definition) is 2. The van der Waals surface area contributed by atoms with Gasteiger partial charge in [0.05, 0.1) is 0 Å². The Labute approximate surface area is 112 Å². The Bertz CT molecular complexity index is 319. The van der Waals surface area contributed by atoms with Gasteiger partial charge < -0.3 is 0 Å². The Morgan fingerprint density at radius 1 is 1.18 bits per heavy atom. The molecule has 0 saturated carbocycles. The number of rotatable bonds is 6. The van der Waals surface area contributed by atoms with Crippen LogP contribution in [0.1, 0.15) is 33.3 Å². The highest BCUT2D eigenvalue weighted by atomic mass is 32.1. The van der Waals surface area contributed by atoms with Crippen molar-refractivity contribution in [3.8, 4) is 0 Å². The second-order valence-corrected chi connectivity index (χ2v) is 6.12. The molecule has 1 aromatic carbocycles. The van der Waals surface area contributed by atoms with Gasteiger partial charge in [0, 0.05) is 19.1 Å². The fourth-order valence-corrected chi connectivity index (χ4v) is 1.94. The van der Waals surface area contributed by atoms with Gasteiger partial charge in [-0.1, -0.05) is 44.2 Å². The SMILES string of the molecule is CC(C)N(Cc1ccccc1)CC(C)(C)CS. The van der Waals surface area contributed by atoms with Gasteiger partial charge >= 0.3 is 0 Å². The van der Waals surface area contributed by atoms with E-state index in [-0.39, 0.29) is 5.41 Å². The zero-order valence-corrected chi connectivity index (χ0v) is 12.4. The first-order valence-electron chi connectivity index (χ1n) is 6.33. The highest BCUT2D eigenvalue weighted by molar-refractivity contribution is 7.80. The van der Waals surface area contributed by atoms with Crippen LogP contribution in [-0.2, 0) is 6.54 Å². The van der Waals surface area contributed by atoms with Crippen molar-refractivity contribution < 1.29 is 0 Å². The highest BCUT2D eigenvalue weighted by Crippen LogP contribution is 2.21. The molecule has 0 unspecified atom stereocenters. The van der Waals surface area contributed by atoms with Crippen LogP contribution in [0.5, 0.6) is 0 Å². The molecule has 17 heavy (non-hydrogen) atoms. The molecule has 0 atom stereocenters. The largest absolute Gasteiger partial charge is 0.296 e. The molecule has 1 nitrogen and oxygen atoms in total. The lowest BCUT2D eigenvalue weighted by Gasteiger charge is -2.34. The molecule has 2 heteroatoms. The first-order valence-corrected chi connectivity index (χ1v) is 6.97. The summed E-state index contributed by atoms with van der Waals surface area (Å²) in [4.78, 5) is 2.52. The van der Waals surface area contributed by atoms with E-state index in [1.165, 1.54) is 5.56 Å². The van der Waals surface area contributed by atoms with Crippen LogP contribution in [-0.4, -0.2) is 23.2 Å². The Morgan fingerprint density at radius 3 is 2.24 bits per heavy atom. The molecular formula is C15H25NS. The van der Waals surface area contributed by atoms with Crippen LogP contribution in [0.25, 0.3) is 0 Å². The fraction of sp³-hybridized carbons (Fsp3) is 0.600. The molecule has 0 amide bonds. The zero-order chi connectivity index (χ0) is 12.9. The van der Waals surface area contributed by atoms with Crippen molar-refractivity contribution in [1.82, 2.24) is 4.90 Å². The van der Waals surface area contributed by atoms with E-state index < -0.39 is 0 Å². The lowest BCUT2D eigenvalue weighted by molar-refractivity contribution is 0.150. The van der Waals surface area contributed by atoms with Crippen molar-refractivity contribution >= 4 is 12.6 Å². The van der Waals surface area contributed by atoms with Crippen LogP contribution in [0.15, 0.2) is 30.3 Å². The highest BCUT2D eigenvalue weighted by Gasteiger charge is 2.21. The molecular weight excluding hydrogens is 226 g/mol. The van der Waals surface area contributed by atoms with Crippen molar-refractivity contribution in [3.05, 3.63) is 35.9 Å². The molecule has 1 rings (SSSR count). The predicted molar refractivity (Wildman–Crippen MR) is 79.6 cm³/mol. The van der Waals surface area contributed by atoms with Gasteiger partial charge in [0.15, 0.2) is 0 Å². The lowest BCUT2D eigenvalue weighted by atomic mass is 9.94. The third-order valence-corrected chi connectivity index (χ3v) is 3.87. The van der Waals surface area contributed by atoms with Gasteiger partial charge in [0.2, 0.25) is 0 Å². The molecule has 0 heterocycles. The molecule has 0 fully saturated rings. The average molecular weight is 251 g/mol. The lowest BCUT2D eigenvalue weighted by Crippen LogP contribution is -2.39. The molecule has 1 aromatic rings. The molecule has 96 valence electrons. The summed E-state index contributed by atoms with van der Waals surface area (Å²) >= 11 is 4.44. The van der Waals surface area contributed by atoms with Crippen LogP contribution in [0.2, 0.25) is 0 Å². The number of benzene rings is 1. The third-order valence-electron chi connectivity index (χ3n) is 3.02. The minimum atomic E-state index is 0.266. The number of thiol groups is 1. The topological polar surface area (TPSA) is 3.24 Å². The molecule has 0 aliphatic rings. The fourth-order valence-electron chi connectivity index (χ4n) is 1.84. The van der Waals surface area contributed by atoms with Crippen molar-refractivity contribution in [3.63, 3.8) is 0 Å². The second-order valence-electron chi connectivity index (χ2n) is 5.81. The van der Waals surface area contributed by atoms with Gasteiger partial charge in [-0.3, -0.25) is 4.90 Å². The molecule has 0 N–H and O–H groups in total. The van der Waals surface area contributed by atoms with Gasteiger partial charge in [-0.05, 0) is 30.6 Å². The van der Waals surface area contributed by atoms with Crippen molar-refractivity contribution in [2.45, 2.75) is 40.3 Å². The van der Waals surface area contributed by atoms with E-state index in [2.05, 4.69) is 75.6 Å². The summed E-state index contributed by atoms with van der Waals surface area (Å²) in [6.07, 6.45) is 0. The normalized spacial score (nSPS) is 12.4. The molecule has 0 spiro atoms. The van der Waals surface area contributed by atoms with Gasteiger partial charge in [-0.15, -0.1) is 0 Å². The van der Waals surface area contributed by atoms with Crippen LogP contribution in [0, 0.1) is 5.41 Å². The second kappa shape index (κ2) is 6.46. The van der Waals surface area contributed by atoms with Crippen molar-refractivity contribution in [2.24, 2.45) is 5.41 Å². The van der Waals surface area contributed by atoms with E-state index in [1.54, 1.807) is 0 Å². The standard InChI is InChI=1S/C15H25NS/c1-13(2)16(11-15(3,4)12-17)10-14-8-6-5-7-9-14/h5-9,13,17H,10-12H2,1-4H3. The quantitative estimate of drug-likeness (QED) is 0.752. The minimum absolute atomic E-state index is 0.266. The number of hydrogen-bond donors (Lipinski definition) is 1. The van der Waals surface area contributed by atoms with Gasteiger partial charge in [0.25, 0.3) is 0 Å². The van der Waals surface area contributed by atoms with Crippen molar-refractivity contribution in [1.29, 1.82) is 0 Å².